The maximum atomic E-state index is 13.2. The highest BCUT2D eigenvalue weighted by atomic mass is 32.1. The maximum absolute atomic E-state index is 13.2. The Labute approximate surface area is 178 Å². The van der Waals surface area contributed by atoms with Gasteiger partial charge in [-0.25, -0.2) is 4.98 Å². The monoisotopic (exact) mass is 436 g/mol. The first-order valence-electron chi connectivity index (χ1n) is 9.20. The van der Waals surface area contributed by atoms with Gasteiger partial charge < -0.3 is 4.74 Å². The molecule has 4 aromatic heterocycles. The average Bonchev–Trinajstić information content (AvgIpc) is 3.49. The van der Waals surface area contributed by atoms with Crippen LogP contribution in [0.1, 0.15) is 11.4 Å². The van der Waals surface area contributed by atoms with Crippen LogP contribution in [0, 0.1) is 6.92 Å². The van der Waals surface area contributed by atoms with E-state index in [-0.39, 0.29) is 18.7 Å². The van der Waals surface area contributed by atoms with Gasteiger partial charge in [0.25, 0.3) is 5.56 Å². The molecule has 0 aliphatic rings. The van der Waals surface area contributed by atoms with Crippen LogP contribution in [0.5, 0.6) is 0 Å². The lowest BCUT2D eigenvalue weighted by atomic mass is 10.2. The molecule has 0 aliphatic heterocycles. The molecule has 4 heterocycles. The number of nitrogens with zero attached hydrogens (tertiary/aromatic N) is 3. The van der Waals surface area contributed by atoms with Crippen LogP contribution in [0.15, 0.2) is 52.1 Å². The molecule has 0 radical (unpaired) electrons. The van der Waals surface area contributed by atoms with Crippen molar-refractivity contribution in [3.05, 3.63) is 69.0 Å². The highest BCUT2D eigenvalue weighted by Crippen LogP contribution is 2.33. The summed E-state index contributed by atoms with van der Waals surface area (Å²) in [6, 6.07) is 9.60. The molecule has 0 spiro atoms. The fourth-order valence-corrected chi connectivity index (χ4v) is 5.14. The SMILES string of the molecule is Cc1nc2scc(-c3cccs3)c2c(=O)n1CC(=O)OCc1ccc2cn[nH]c2c1. The minimum atomic E-state index is -0.487. The van der Waals surface area contributed by atoms with Crippen LogP contribution in [-0.2, 0) is 22.7 Å². The second-order valence-corrected chi connectivity index (χ2v) is 8.62. The number of ether oxygens (including phenoxy) is 1. The van der Waals surface area contributed by atoms with E-state index in [0.29, 0.717) is 16.0 Å². The lowest BCUT2D eigenvalue weighted by molar-refractivity contribution is -0.145. The Kier molecular flexibility index (Phi) is 4.68. The maximum Gasteiger partial charge on any atom is 0.326 e. The molecular formula is C21H16N4O3S2. The van der Waals surface area contributed by atoms with E-state index < -0.39 is 5.97 Å². The molecule has 1 N–H and O–H groups in total. The van der Waals surface area contributed by atoms with Gasteiger partial charge in [-0.2, -0.15) is 5.10 Å². The van der Waals surface area contributed by atoms with Crippen LogP contribution in [-0.4, -0.2) is 25.7 Å². The Morgan fingerprint density at radius 3 is 3.00 bits per heavy atom. The van der Waals surface area contributed by atoms with Gasteiger partial charge in [0.15, 0.2) is 0 Å². The number of fused-ring (bicyclic) bond motifs is 2. The van der Waals surface area contributed by atoms with Gasteiger partial charge in [0.2, 0.25) is 0 Å². The Hall–Kier alpha value is -3.30. The van der Waals surface area contributed by atoms with Crippen LogP contribution in [0.3, 0.4) is 0 Å². The van der Waals surface area contributed by atoms with Gasteiger partial charge in [0.1, 0.15) is 23.8 Å². The van der Waals surface area contributed by atoms with E-state index in [2.05, 4.69) is 15.2 Å². The van der Waals surface area contributed by atoms with Crippen molar-refractivity contribution in [3.63, 3.8) is 0 Å². The van der Waals surface area contributed by atoms with Crippen molar-refractivity contribution >= 4 is 49.8 Å². The van der Waals surface area contributed by atoms with Gasteiger partial charge in [0, 0.05) is 21.2 Å². The van der Waals surface area contributed by atoms with E-state index in [1.165, 1.54) is 15.9 Å². The third-order valence-electron chi connectivity index (χ3n) is 4.86. The minimum absolute atomic E-state index is 0.121. The minimum Gasteiger partial charge on any atom is -0.459 e. The van der Waals surface area contributed by atoms with Gasteiger partial charge in [0.05, 0.1) is 17.1 Å². The average molecular weight is 437 g/mol. The molecular weight excluding hydrogens is 420 g/mol. The number of carbonyl (C=O) groups is 1. The molecule has 5 rings (SSSR count). The molecule has 0 amide bonds. The lowest BCUT2D eigenvalue weighted by Gasteiger charge is -2.10. The summed E-state index contributed by atoms with van der Waals surface area (Å²) in [6.07, 6.45) is 1.73. The Morgan fingerprint density at radius 1 is 1.27 bits per heavy atom. The van der Waals surface area contributed by atoms with E-state index in [9.17, 15) is 9.59 Å². The van der Waals surface area contributed by atoms with Crippen molar-refractivity contribution in [1.82, 2.24) is 19.7 Å². The zero-order valence-corrected chi connectivity index (χ0v) is 17.5. The number of hydrogen-bond donors (Lipinski definition) is 1. The summed E-state index contributed by atoms with van der Waals surface area (Å²) >= 11 is 3.00. The first-order valence-corrected chi connectivity index (χ1v) is 11.0. The van der Waals surface area contributed by atoms with E-state index in [0.717, 1.165) is 26.9 Å². The zero-order chi connectivity index (χ0) is 20.7. The van der Waals surface area contributed by atoms with Crippen LogP contribution in [0.4, 0.5) is 0 Å². The molecule has 0 bridgehead atoms. The highest BCUT2D eigenvalue weighted by Gasteiger charge is 2.18. The van der Waals surface area contributed by atoms with Gasteiger partial charge in [-0.05, 0) is 30.0 Å². The van der Waals surface area contributed by atoms with Crippen molar-refractivity contribution in [3.8, 4) is 10.4 Å². The fraction of sp³-hybridized carbons (Fsp3) is 0.143. The topological polar surface area (TPSA) is 89.9 Å². The first kappa shape index (κ1) is 18.7. The number of aromatic nitrogens is 4. The number of rotatable bonds is 5. The number of benzene rings is 1. The predicted molar refractivity (Wildman–Crippen MR) is 118 cm³/mol. The zero-order valence-electron chi connectivity index (χ0n) is 15.9. The number of carbonyl (C=O) groups excluding carboxylic acids is 1. The summed E-state index contributed by atoms with van der Waals surface area (Å²) in [4.78, 5) is 31.9. The van der Waals surface area contributed by atoms with Crippen molar-refractivity contribution in [2.45, 2.75) is 20.1 Å². The van der Waals surface area contributed by atoms with Crippen LogP contribution < -0.4 is 5.56 Å². The normalized spacial score (nSPS) is 11.4. The molecule has 0 fully saturated rings. The fourth-order valence-electron chi connectivity index (χ4n) is 3.34. The van der Waals surface area contributed by atoms with Gasteiger partial charge >= 0.3 is 5.97 Å². The molecule has 9 heteroatoms. The van der Waals surface area contributed by atoms with Gasteiger partial charge in [-0.3, -0.25) is 19.3 Å². The second kappa shape index (κ2) is 7.51. The standard InChI is InChI=1S/C21H16N4O3S2/c1-12-23-20-19(15(11-30-20)17-3-2-6-29-17)21(27)25(12)9-18(26)28-10-13-4-5-14-8-22-24-16(14)7-13/h2-8,11H,9-10H2,1H3,(H,22,24). The quantitative estimate of drug-likeness (QED) is 0.419. The molecule has 1 aromatic carbocycles. The number of esters is 1. The molecule has 30 heavy (non-hydrogen) atoms. The Morgan fingerprint density at radius 2 is 2.17 bits per heavy atom. The molecule has 0 atom stereocenters. The third-order valence-corrected chi connectivity index (χ3v) is 6.64. The number of aromatic amines is 1. The molecule has 5 aromatic rings. The van der Waals surface area contributed by atoms with Crippen molar-refractivity contribution in [2.24, 2.45) is 0 Å². The second-order valence-electron chi connectivity index (χ2n) is 6.81. The predicted octanol–water partition coefficient (Wildman–Crippen LogP) is 4.11. The van der Waals surface area contributed by atoms with Crippen molar-refractivity contribution in [2.75, 3.05) is 0 Å². The summed E-state index contributed by atoms with van der Waals surface area (Å²) in [7, 11) is 0. The number of nitrogens with one attached hydrogen (secondary N) is 1. The van der Waals surface area contributed by atoms with Gasteiger partial charge in [-0.1, -0.05) is 18.2 Å². The van der Waals surface area contributed by atoms with E-state index in [1.807, 2.05) is 41.1 Å². The summed E-state index contributed by atoms with van der Waals surface area (Å²) in [6.45, 7) is 1.67. The van der Waals surface area contributed by atoms with Crippen LogP contribution in [0.25, 0.3) is 31.6 Å². The number of H-pyrrole nitrogens is 1. The smallest absolute Gasteiger partial charge is 0.326 e. The molecule has 7 nitrogen and oxygen atoms in total. The number of aryl methyl sites for hydroxylation is 1. The van der Waals surface area contributed by atoms with E-state index >= 15 is 0 Å². The third kappa shape index (κ3) is 3.31. The van der Waals surface area contributed by atoms with Crippen molar-refractivity contribution < 1.29 is 9.53 Å². The number of hydrogen-bond acceptors (Lipinski definition) is 7. The molecule has 150 valence electrons. The molecule has 0 saturated carbocycles. The molecule has 0 aliphatic carbocycles. The van der Waals surface area contributed by atoms with E-state index in [4.69, 9.17) is 4.74 Å². The lowest BCUT2D eigenvalue weighted by Crippen LogP contribution is -2.28. The number of thiophene rings is 2. The molecule has 0 unspecified atom stereocenters. The summed E-state index contributed by atoms with van der Waals surface area (Å²) in [5, 5.41) is 12.3. The Balaban J connectivity index is 1.39. The molecule has 0 saturated heterocycles. The summed E-state index contributed by atoms with van der Waals surface area (Å²) in [5.74, 6) is 0.00173. The summed E-state index contributed by atoms with van der Waals surface area (Å²) < 4.78 is 6.79. The van der Waals surface area contributed by atoms with Crippen LogP contribution in [0.2, 0.25) is 0 Å². The van der Waals surface area contributed by atoms with Gasteiger partial charge in [-0.15, -0.1) is 22.7 Å². The van der Waals surface area contributed by atoms with Crippen molar-refractivity contribution in [1.29, 1.82) is 0 Å². The van der Waals surface area contributed by atoms with E-state index in [1.54, 1.807) is 24.5 Å². The van der Waals surface area contributed by atoms with Crippen LogP contribution >= 0.6 is 22.7 Å². The highest BCUT2D eigenvalue weighted by molar-refractivity contribution is 7.18. The first-order chi connectivity index (χ1) is 14.6. The Bertz CT molecular complexity index is 1430. The summed E-state index contributed by atoms with van der Waals surface area (Å²) in [5.41, 5.74) is 2.36. The largest absolute Gasteiger partial charge is 0.459 e.